The molecule has 3 aromatic rings. The van der Waals surface area contributed by atoms with Crippen molar-refractivity contribution in [1.29, 1.82) is 0 Å². The zero-order valence-electron chi connectivity index (χ0n) is 22.4. The molecule has 0 saturated carbocycles. The average Bonchev–Trinajstić information content (AvgIpc) is 2.95. The monoisotopic (exact) mass is 571 g/mol. The largest absolute Gasteiger partial charge is 0.493 e. The van der Waals surface area contributed by atoms with E-state index >= 15 is 0 Å². The fourth-order valence-electron chi connectivity index (χ4n) is 4.66. The Hall–Kier alpha value is -3.43. The molecule has 208 valence electrons. The highest BCUT2D eigenvalue weighted by Crippen LogP contribution is 2.32. The highest BCUT2D eigenvalue weighted by atomic mass is 35.5. The number of hydrogen-bond donors (Lipinski definition) is 1. The second kappa shape index (κ2) is 12.6. The van der Waals surface area contributed by atoms with Gasteiger partial charge in [0.2, 0.25) is 5.91 Å². The van der Waals surface area contributed by atoms with E-state index in [2.05, 4.69) is 29.3 Å². The van der Waals surface area contributed by atoms with Gasteiger partial charge >= 0.3 is 0 Å². The molecule has 1 amide bonds. The number of halogens is 1. The predicted octanol–water partition coefficient (Wildman–Crippen LogP) is 5.11. The lowest BCUT2D eigenvalue weighted by Gasteiger charge is -2.32. The molecule has 0 bridgehead atoms. The molecular formula is C29H34ClN3O5S. The summed E-state index contributed by atoms with van der Waals surface area (Å²) in [5.41, 5.74) is 2.41. The zero-order valence-corrected chi connectivity index (χ0v) is 24.0. The Kier molecular flexibility index (Phi) is 9.24. The van der Waals surface area contributed by atoms with Gasteiger partial charge in [0.05, 0.1) is 24.8 Å². The number of carbonyl (C=O) groups is 1. The minimum absolute atomic E-state index is 0.0366. The summed E-state index contributed by atoms with van der Waals surface area (Å²) in [4.78, 5) is 15.4. The van der Waals surface area contributed by atoms with Crippen LogP contribution in [0.4, 0.5) is 11.4 Å². The van der Waals surface area contributed by atoms with Gasteiger partial charge in [-0.25, -0.2) is 8.42 Å². The number of nitrogens with one attached hydrogen (secondary N) is 1. The standard InChI is InChI=1S/C29H34ClN3O5S/c1-21-5-4-16-32(19-21)24-10-6-22(7-11-24)18-31-29(34)20-33(25-12-8-23(30)9-13-25)39(35,36)26-14-15-27(37-2)28(17-26)38-3/h6-15,17,21H,4-5,16,18-20H2,1-3H3,(H,31,34). The molecule has 1 aliphatic rings. The first-order chi connectivity index (χ1) is 18.7. The number of rotatable bonds is 10. The normalized spacial score (nSPS) is 15.5. The molecule has 4 rings (SSSR count). The van der Waals surface area contributed by atoms with Crippen LogP contribution in [0.3, 0.4) is 0 Å². The van der Waals surface area contributed by atoms with Crippen LogP contribution in [0.5, 0.6) is 11.5 Å². The number of amides is 1. The van der Waals surface area contributed by atoms with Gasteiger partial charge in [0, 0.05) is 36.4 Å². The summed E-state index contributed by atoms with van der Waals surface area (Å²) >= 11 is 6.03. The number of ether oxygens (including phenoxy) is 2. The van der Waals surface area contributed by atoms with Crippen LogP contribution in [-0.4, -0.2) is 48.2 Å². The molecule has 3 aromatic carbocycles. The molecule has 1 unspecified atom stereocenters. The third kappa shape index (κ3) is 6.96. The second-order valence-electron chi connectivity index (χ2n) is 9.64. The van der Waals surface area contributed by atoms with Crippen molar-refractivity contribution >= 4 is 38.9 Å². The Morgan fingerprint density at radius 2 is 1.72 bits per heavy atom. The van der Waals surface area contributed by atoms with Gasteiger partial charge in [0.15, 0.2) is 11.5 Å². The Morgan fingerprint density at radius 3 is 2.36 bits per heavy atom. The second-order valence-corrected chi connectivity index (χ2v) is 11.9. The smallest absolute Gasteiger partial charge is 0.264 e. The topological polar surface area (TPSA) is 88.2 Å². The fourth-order valence-corrected chi connectivity index (χ4v) is 6.23. The van der Waals surface area contributed by atoms with E-state index in [0.717, 1.165) is 23.0 Å². The highest BCUT2D eigenvalue weighted by molar-refractivity contribution is 7.92. The molecule has 1 atom stereocenters. The number of carbonyl (C=O) groups excluding carboxylic acids is 1. The Labute approximate surface area is 235 Å². The number of sulfonamides is 1. The predicted molar refractivity (Wildman–Crippen MR) is 154 cm³/mol. The summed E-state index contributed by atoms with van der Waals surface area (Å²) in [5, 5.41) is 3.30. The first-order valence-electron chi connectivity index (χ1n) is 12.8. The first-order valence-corrected chi connectivity index (χ1v) is 14.6. The van der Waals surface area contributed by atoms with Gasteiger partial charge in [0.1, 0.15) is 6.54 Å². The lowest BCUT2D eigenvalue weighted by molar-refractivity contribution is -0.119. The summed E-state index contributed by atoms with van der Waals surface area (Å²) in [6, 6.07) is 18.7. The maximum absolute atomic E-state index is 13.7. The van der Waals surface area contributed by atoms with Crippen LogP contribution in [0.25, 0.3) is 0 Å². The number of benzene rings is 3. The van der Waals surface area contributed by atoms with E-state index in [1.54, 1.807) is 24.3 Å². The Balaban J connectivity index is 1.49. The molecule has 1 N–H and O–H groups in total. The Morgan fingerprint density at radius 1 is 1.03 bits per heavy atom. The maximum atomic E-state index is 13.7. The van der Waals surface area contributed by atoms with Crippen molar-refractivity contribution in [3.63, 3.8) is 0 Å². The van der Waals surface area contributed by atoms with Crippen LogP contribution < -0.4 is 24.0 Å². The van der Waals surface area contributed by atoms with Crippen molar-refractivity contribution in [3.8, 4) is 11.5 Å². The van der Waals surface area contributed by atoms with Crippen LogP contribution in [-0.2, 0) is 21.4 Å². The lowest BCUT2D eigenvalue weighted by atomic mass is 9.99. The van der Waals surface area contributed by atoms with E-state index in [1.165, 1.54) is 50.9 Å². The molecule has 39 heavy (non-hydrogen) atoms. The number of anilines is 2. The Bertz CT molecular complexity index is 1380. The van der Waals surface area contributed by atoms with Crippen LogP contribution in [0, 0.1) is 5.92 Å². The van der Waals surface area contributed by atoms with E-state index < -0.39 is 22.5 Å². The SMILES string of the molecule is COc1ccc(S(=O)(=O)N(CC(=O)NCc2ccc(N3CCCC(C)C3)cc2)c2ccc(Cl)cc2)cc1OC. The quantitative estimate of drug-likeness (QED) is 0.364. The molecule has 0 radical (unpaired) electrons. The molecule has 1 saturated heterocycles. The maximum Gasteiger partial charge on any atom is 0.264 e. The number of nitrogens with zero attached hydrogens (tertiary/aromatic N) is 2. The minimum atomic E-state index is -4.14. The fraction of sp³-hybridized carbons (Fsp3) is 0.345. The lowest BCUT2D eigenvalue weighted by Crippen LogP contribution is -2.40. The molecule has 1 heterocycles. The molecule has 1 aliphatic heterocycles. The molecule has 0 spiro atoms. The van der Waals surface area contributed by atoms with Crippen LogP contribution in [0.2, 0.25) is 5.02 Å². The van der Waals surface area contributed by atoms with Crippen molar-refractivity contribution in [3.05, 3.63) is 77.3 Å². The van der Waals surface area contributed by atoms with E-state index in [1.807, 2.05) is 12.1 Å². The van der Waals surface area contributed by atoms with Gasteiger partial charge in [-0.05, 0) is 72.9 Å². The van der Waals surface area contributed by atoms with Gasteiger partial charge in [0.25, 0.3) is 10.0 Å². The summed E-state index contributed by atoms with van der Waals surface area (Å²) in [6.07, 6.45) is 2.45. The minimum Gasteiger partial charge on any atom is -0.493 e. The third-order valence-corrected chi connectivity index (χ3v) is 8.81. The van der Waals surface area contributed by atoms with Crippen molar-refractivity contribution in [2.24, 2.45) is 5.92 Å². The third-order valence-electron chi connectivity index (χ3n) is 6.79. The van der Waals surface area contributed by atoms with Gasteiger partial charge in [-0.15, -0.1) is 0 Å². The van der Waals surface area contributed by atoms with Crippen molar-refractivity contribution in [2.45, 2.75) is 31.2 Å². The molecule has 0 aromatic heterocycles. The molecular weight excluding hydrogens is 538 g/mol. The molecule has 8 nitrogen and oxygen atoms in total. The van der Waals surface area contributed by atoms with E-state index in [4.69, 9.17) is 21.1 Å². The molecule has 1 fully saturated rings. The van der Waals surface area contributed by atoms with E-state index in [-0.39, 0.29) is 17.2 Å². The molecule has 0 aliphatic carbocycles. The van der Waals surface area contributed by atoms with Gasteiger partial charge in [-0.1, -0.05) is 30.7 Å². The van der Waals surface area contributed by atoms with Gasteiger partial charge in [-0.3, -0.25) is 9.10 Å². The van der Waals surface area contributed by atoms with Gasteiger partial charge < -0.3 is 19.7 Å². The number of piperidine rings is 1. The van der Waals surface area contributed by atoms with Gasteiger partial charge in [-0.2, -0.15) is 0 Å². The van der Waals surface area contributed by atoms with Crippen LogP contribution >= 0.6 is 11.6 Å². The van der Waals surface area contributed by atoms with Crippen molar-refractivity contribution in [1.82, 2.24) is 5.32 Å². The van der Waals surface area contributed by atoms with E-state index in [9.17, 15) is 13.2 Å². The highest BCUT2D eigenvalue weighted by Gasteiger charge is 2.28. The summed E-state index contributed by atoms with van der Waals surface area (Å²) in [5.74, 6) is 0.897. The summed E-state index contributed by atoms with van der Waals surface area (Å²) in [6.45, 7) is 4.23. The molecule has 10 heteroatoms. The number of methoxy groups -OCH3 is 2. The average molecular weight is 572 g/mol. The van der Waals surface area contributed by atoms with Crippen molar-refractivity contribution < 1.29 is 22.7 Å². The summed E-state index contributed by atoms with van der Waals surface area (Å²) < 4.78 is 39.0. The number of hydrogen-bond acceptors (Lipinski definition) is 6. The zero-order chi connectivity index (χ0) is 28.0. The summed E-state index contributed by atoms with van der Waals surface area (Å²) in [7, 11) is -1.24. The van der Waals surface area contributed by atoms with Crippen LogP contribution in [0.15, 0.2) is 71.6 Å². The first kappa shape index (κ1) is 28.6. The van der Waals surface area contributed by atoms with Crippen LogP contribution in [0.1, 0.15) is 25.3 Å². The van der Waals surface area contributed by atoms with Crippen molar-refractivity contribution in [2.75, 3.05) is 43.1 Å². The van der Waals surface area contributed by atoms with E-state index in [0.29, 0.717) is 22.4 Å².